The summed E-state index contributed by atoms with van der Waals surface area (Å²) in [6.45, 7) is 4.34. The van der Waals surface area contributed by atoms with Gasteiger partial charge in [0, 0.05) is 12.6 Å². The van der Waals surface area contributed by atoms with Gasteiger partial charge in [-0.25, -0.2) is 0 Å². The summed E-state index contributed by atoms with van der Waals surface area (Å²) in [6.07, 6.45) is 0. The quantitative estimate of drug-likeness (QED) is 0.390. The SMILES string of the molecule is COc1ccccc1-c1nnc(SCc2nc(-c3ccc(C(C)C)cc3)no2)n1C. The molecule has 0 saturated carbocycles. The molecule has 2 aromatic heterocycles. The number of benzene rings is 2. The highest BCUT2D eigenvalue weighted by molar-refractivity contribution is 7.98. The predicted molar refractivity (Wildman–Crippen MR) is 116 cm³/mol. The van der Waals surface area contributed by atoms with Crippen molar-refractivity contribution in [3.8, 4) is 28.5 Å². The van der Waals surface area contributed by atoms with Crippen LogP contribution in [-0.2, 0) is 12.8 Å². The first-order valence-electron chi connectivity index (χ1n) is 9.65. The van der Waals surface area contributed by atoms with Gasteiger partial charge in [-0.3, -0.25) is 0 Å². The number of rotatable bonds is 7. The summed E-state index contributed by atoms with van der Waals surface area (Å²) in [5.41, 5.74) is 3.12. The van der Waals surface area contributed by atoms with Crippen molar-refractivity contribution >= 4 is 11.8 Å². The Morgan fingerprint density at radius 1 is 1.07 bits per heavy atom. The fourth-order valence-corrected chi connectivity index (χ4v) is 3.83. The van der Waals surface area contributed by atoms with Crippen LogP contribution in [-0.4, -0.2) is 32.0 Å². The zero-order chi connectivity index (χ0) is 21.1. The molecule has 0 aliphatic carbocycles. The van der Waals surface area contributed by atoms with Crippen molar-refractivity contribution in [3.63, 3.8) is 0 Å². The molecule has 0 aliphatic rings. The molecule has 0 unspecified atom stereocenters. The lowest BCUT2D eigenvalue weighted by atomic mass is 10.0. The molecule has 0 saturated heterocycles. The summed E-state index contributed by atoms with van der Waals surface area (Å²) in [6, 6.07) is 16.0. The van der Waals surface area contributed by atoms with E-state index in [0.717, 1.165) is 27.9 Å². The topological polar surface area (TPSA) is 78.9 Å². The Morgan fingerprint density at radius 2 is 1.83 bits per heavy atom. The molecule has 0 aliphatic heterocycles. The minimum atomic E-state index is 0.489. The van der Waals surface area contributed by atoms with Crippen molar-refractivity contribution in [2.75, 3.05) is 7.11 Å². The molecule has 0 spiro atoms. The van der Waals surface area contributed by atoms with Crippen LogP contribution in [0, 0.1) is 0 Å². The van der Waals surface area contributed by atoms with Crippen LogP contribution in [0.15, 0.2) is 58.2 Å². The smallest absolute Gasteiger partial charge is 0.237 e. The van der Waals surface area contributed by atoms with Crippen LogP contribution < -0.4 is 4.74 Å². The zero-order valence-electron chi connectivity index (χ0n) is 17.4. The Hall–Kier alpha value is -3.13. The minimum Gasteiger partial charge on any atom is -0.496 e. The highest BCUT2D eigenvalue weighted by atomic mass is 32.2. The largest absolute Gasteiger partial charge is 0.496 e. The van der Waals surface area contributed by atoms with E-state index in [1.807, 2.05) is 48.0 Å². The van der Waals surface area contributed by atoms with Crippen LogP contribution in [0.2, 0.25) is 0 Å². The molecule has 2 heterocycles. The van der Waals surface area contributed by atoms with Gasteiger partial charge >= 0.3 is 0 Å². The van der Waals surface area contributed by atoms with E-state index in [-0.39, 0.29) is 0 Å². The van der Waals surface area contributed by atoms with E-state index in [0.29, 0.717) is 23.4 Å². The lowest BCUT2D eigenvalue weighted by Crippen LogP contribution is -1.97. The van der Waals surface area contributed by atoms with Crippen LogP contribution in [0.25, 0.3) is 22.8 Å². The van der Waals surface area contributed by atoms with Crippen molar-refractivity contribution in [1.29, 1.82) is 0 Å². The Bertz CT molecular complexity index is 1130. The van der Waals surface area contributed by atoms with Gasteiger partial charge in [-0.2, -0.15) is 4.98 Å². The molecular weight excluding hydrogens is 398 g/mol. The highest BCUT2D eigenvalue weighted by Crippen LogP contribution is 2.31. The molecule has 0 atom stereocenters. The molecule has 30 heavy (non-hydrogen) atoms. The molecule has 154 valence electrons. The summed E-state index contributed by atoms with van der Waals surface area (Å²) in [7, 11) is 3.58. The molecule has 0 bridgehead atoms. The van der Waals surface area contributed by atoms with E-state index in [2.05, 4.69) is 46.3 Å². The van der Waals surface area contributed by atoms with Crippen LogP contribution in [0.1, 0.15) is 31.2 Å². The van der Waals surface area contributed by atoms with E-state index in [1.165, 1.54) is 17.3 Å². The molecule has 2 aromatic carbocycles. The molecule has 4 rings (SSSR count). The summed E-state index contributed by atoms with van der Waals surface area (Å²) in [5, 5.41) is 13.5. The number of hydrogen-bond acceptors (Lipinski definition) is 7. The second-order valence-corrected chi connectivity index (χ2v) is 8.09. The first kappa shape index (κ1) is 20.2. The fraction of sp³-hybridized carbons (Fsp3) is 0.273. The van der Waals surface area contributed by atoms with Crippen LogP contribution in [0.5, 0.6) is 5.75 Å². The average molecular weight is 422 g/mol. The number of methoxy groups -OCH3 is 1. The molecule has 0 N–H and O–H groups in total. The normalized spacial score (nSPS) is 11.2. The monoisotopic (exact) mass is 421 g/mol. The second kappa shape index (κ2) is 8.71. The third-order valence-corrected chi connectivity index (χ3v) is 5.82. The molecular formula is C22H23N5O2S. The third kappa shape index (κ3) is 4.09. The minimum absolute atomic E-state index is 0.489. The van der Waals surface area contributed by atoms with E-state index >= 15 is 0 Å². The Kier molecular flexibility index (Phi) is 5.85. The lowest BCUT2D eigenvalue weighted by molar-refractivity contribution is 0.391. The number of hydrogen-bond donors (Lipinski definition) is 0. The van der Waals surface area contributed by atoms with E-state index in [4.69, 9.17) is 9.26 Å². The van der Waals surface area contributed by atoms with E-state index in [1.54, 1.807) is 7.11 Å². The second-order valence-electron chi connectivity index (χ2n) is 7.14. The van der Waals surface area contributed by atoms with Gasteiger partial charge in [-0.05, 0) is 23.6 Å². The van der Waals surface area contributed by atoms with E-state index in [9.17, 15) is 0 Å². The first-order valence-corrected chi connectivity index (χ1v) is 10.6. The maximum absolute atomic E-state index is 5.44. The summed E-state index contributed by atoms with van der Waals surface area (Å²) in [4.78, 5) is 4.52. The standard InChI is InChI=1S/C22H23N5O2S/c1-14(2)15-9-11-16(12-10-15)20-23-19(29-26-20)13-30-22-25-24-21(27(22)3)17-7-5-6-8-18(17)28-4/h5-12,14H,13H2,1-4H3. The number of thioether (sulfide) groups is 1. The summed E-state index contributed by atoms with van der Waals surface area (Å²) >= 11 is 1.50. The highest BCUT2D eigenvalue weighted by Gasteiger charge is 2.16. The van der Waals surface area contributed by atoms with Crippen molar-refractivity contribution in [2.45, 2.75) is 30.7 Å². The van der Waals surface area contributed by atoms with Gasteiger partial charge in [0.2, 0.25) is 11.7 Å². The van der Waals surface area contributed by atoms with Gasteiger partial charge < -0.3 is 13.8 Å². The van der Waals surface area contributed by atoms with Crippen molar-refractivity contribution in [2.24, 2.45) is 7.05 Å². The lowest BCUT2D eigenvalue weighted by Gasteiger charge is -2.07. The Labute approximate surface area is 179 Å². The molecule has 7 nitrogen and oxygen atoms in total. The van der Waals surface area contributed by atoms with Crippen LogP contribution in [0.4, 0.5) is 0 Å². The van der Waals surface area contributed by atoms with Gasteiger partial charge in [-0.1, -0.05) is 67.2 Å². The molecule has 0 fully saturated rings. The van der Waals surface area contributed by atoms with Gasteiger partial charge in [0.25, 0.3) is 0 Å². The third-order valence-electron chi connectivity index (χ3n) is 4.81. The van der Waals surface area contributed by atoms with Gasteiger partial charge in [-0.15, -0.1) is 10.2 Å². The molecule has 0 radical (unpaired) electrons. The van der Waals surface area contributed by atoms with Crippen molar-refractivity contribution in [1.82, 2.24) is 24.9 Å². The maximum Gasteiger partial charge on any atom is 0.237 e. The molecule has 8 heteroatoms. The fourth-order valence-electron chi connectivity index (χ4n) is 3.08. The van der Waals surface area contributed by atoms with Crippen LogP contribution in [0.3, 0.4) is 0 Å². The number of aromatic nitrogens is 5. The Balaban J connectivity index is 1.47. The molecule has 0 amide bonds. The van der Waals surface area contributed by atoms with Gasteiger partial charge in [0.15, 0.2) is 11.0 Å². The Morgan fingerprint density at radius 3 is 2.57 bits per heavy atom. The summed E-state index contributed by atoms with van der Waals surface area (Å²) in [5.74, 6) is 3.64. The first-order chi connectivity index (χ1) is 14.6. The van der Waals surface area contributed by atoms with E-state index < -0.39 is 0 Å². The maximum atomic E-state index is 5.44. The van der Waals surface area contributed by atoms with Crippen molar-refractivity contribution in [3.05, 3.63) is 60.0 Å². The molecule has 4 aromatic rings. The van der Waals surface area contributed by atoms with Gasteiger partial charge in [0.1, 0.15) is 5.75 Å². The number of ether oxygens (including phenoxy) is 1. The summed E-state index contributed by atoms with van der Waals surface area (Å²) < 4.78 is 12.8. The van der Waals surface area contributed by atoms with Crippen LogP contribution >= 0.6 is 11.8 Å². The van der Waals surface area contributed by atoms with Crippen molar-refractivity contribution < 1.29 is 9.26 Å². The number of para-hydroxylation sites is 1. The van der Waals surface area contributed by atoms with Gasteiger partial charge in [0.05, 0.1) is 18.4 Å². The zero-order valence-corrected chi connectivity index (χ0v) is 18.2. The predicted octanol–water partition coefficient (Wildman–Crippen LogP) is 4.96. The average Bonchev–Trinajstić information content (AvgIpc) is 3.39. The number of nitrogens with zero attached hydrogens (tertiary/aromatic N) is 5.